The number of rotatable bonds is 5. The van der Waals surface area contributed by atoms with E-state index in [-0.39, 0.29) is 0 Å². The second-order valence-electron chi connectivity index (χ2n) is 7.78. The highest BCUT2D eigenvalue weighted by atomic mass is 35.5. The fourth-order valence-electron chi connectivity index (χ4n) is 3.79. The predicted molar refractivity (Wildman–Crippen MR) is 128 cm³/mol. The van der Waals surface area contributed by atoms with Gasteiger partial charge in [-0.3, -0.25) is 0 Å². The van der Waals surface area contributed by atoms with E-state index in [1.165, 1.54) is 0 Å². The minimum Gasteiger partial charge on any atom is -0.489 e. The van der Waals surface area contributed by atoms with E-state index in [1.54, 1.807) is 10.7 Å². The molecule has 0 radical (unpaired) electrons. The molecule has 168 valence electrons. The van der Waals surface area contributed by atoms with Gasteiger partial charge in [0, 0.05) is 22.3 Å². The van der Waals surface area contributed by atoms with Gasteiger partial charge in [0.2, 0.25) is 0 Å². The Morgan fingerprint density at radius 2 is 1.62 bits per heavy atom. The van der Waals surface area contributed by atoms with Crippen LogP contribution in [0.1, 0.15) is 5.56 Å². The summed E-state index contributed by atoms with van der Waals surface area (Å²) in [5.41, 5.74) is 3.75. The van der Waals surface area contributed by atoms with Crippen molar-refractivity contribution < 1.29 is 14.2 Å². The molecule has 0 spiro atoms. The average molecular weight is 471 g/mol. The molecule has 0 N–H and O–H groups in total. The molecule has 0 amide bonds. The average Bonchev–Trinajstić information content (AvgIpc) is 3.33. The molecule has 3 heterocycles. The summed E-state index contributed by atoms with van der Waals surface area (Å²) in [6, 6.07) is 23.1. The van der Waals surface area contributed by atoms with Crippen LogP contribution in [-0.2, 0) is 6.61 Å². The molecule has 2 aromatic heterocycles. The third-order valence-corrected chi connectivity index (χ3v) is 5.76. The summed E-state index contributed by atoms with van der Waals surface area (Å²) >= 11 is 5.94. The van der Waals surface area contributed by atoms with Crippen molar-refractivity contribution in [2.45, 2.75) is 6.61 Å². The molecule has 8 heteroatoms. The Labute approximate surface area is 200 Å². The number of nitrogens with zero attached hydrogens (tertiary/aromatic N) is 4. The molecule has 0 fully saturated rings. The Kier molecular flexibility index (Phi) is 5.24. The molecule has 0 atom stereocenters. The summed E-state index contributed by atoms with van der Waals surface area (Å²) < 4.78 is 19.0. The van der Waals surface area contributed by atoms with E-state index in [1.807, 2.05) is 72.8 Å². The molecule has 34 heavy (non-hydrogen) atoms. The minimum absolute atomic E-state index is 0.470. The van der Waals surface area contributed by atoms with Crippen molar-refractivity contribution in [2.75, 3.05) is 13.2 Å². The van der Waals surface area contributed by atoms with Crippen LogP contribution in [0.4, 0.5) is 0 Å². The molecule has 1 aliphatic rings. The normalized spacial score (nSPS) is 12.6. The maximum absolute atomic E-state index is 5.94. The van der Waals surface area contributed by atoms with E-state index >= 15 is 0 Å². The number of benzene rings is 3. The summed E-state index contributed by atoms with van der Waals surface area (Å²) in [7, 11) is 0. The van der Waals surface area contributed by atoms with Gasteiger partial charge in [0.05, 0.1) is 5.69 Å². The number of aromatic nitrogens is 4. The van der Waals surface area contributed by atoms with Crippen LogP contribution in [0.2, 0.25) is 5.02 Å². The molecule has 0 saturated heterocycles. The first-order valence-electron chi connectivity index (χ1n) is 10.8. The van der Waals surface area contributed by atoms with Crippen molar-refractivity contribution in [3.05, 3.63) is 89.6 Å². The Bertz CT molecular complexity index is 1470. The SMILES string of the molecule is Clc1ccc(COc2ccc(-c3ccnc4nc(-c5ccc6c(c5)OCCO6)nn34)cc2)cc1. The van der Waals surface area contributed by atoms with Crippen molar-refractivity contribution in [1.82, 2.24) is 19.6 Å². The molecule has 7 nitrogen and oxygen atoms in total. The van der Waals surface area contributed by atoms with Gasteiger partial charge in [0.15, 0.2) is 17.3 Å². The maximum Gasteiger partial charge on any atom is 0.253 e. The van der Waals surface area contributed by atoms with Gasteiger partial charge in [-0.25, -0.2) is 4.98 Å². The van der Waals surface area contributed by atoms with Crippen LogP contribution in [0.3, 0.4) is 0 Å². The molecule has 5 aromatic rings. The number of fused-ring (bicyclic) bond motifs is 2. The molecule has 0 unspecified atom stereocenters. The highest BCUT2D eigenvalue weighted by Crippen LogP contribution is 2.34. The standard InChI is InChI=1S/C26H19ClN4O3/c27-20-6-1-17(2-7-20)16-34-21-8-3-18(4-9-21)22-11-12-28-26-29-25(30-31(22)26)19-5-10-23-24(15-19)33-14-13-32-23/h1-12,15H,13-14,16H2. The molecular formula is C26H19ClN4O3. The smallest absolute Gasteiger partial charge is 0.253 e. The van der Waals surface area contributed by atoms with Gasteiger partial charge in [-0.2, -0.15) is 9.50 Å². The summed E-state index contributed by atoms with van der Waals surface area (Å²) in [4.78, 5) is 9.00. The maximum atomic E-state index is 5.94. The fraction of sp³-hybridized carbons (Fsp3) is 0.115. The first kappa shape index (κ1) is 20.5. The lowest BCUT2D eigenvalue weighted by Crippen LogP contribution is -2.15. The Morgan fingerprint density at radius 1 is 0.853 bits per heavy atom. The molecule has 3 aromatic carbocycles. The third-order valence-electron chi connectivity index (χ3n) is 5.51. The van der Waals surface area contributed by atoms with Crippen LogP contribution in [0.5, 0.6) is 17.2 Å². The largest absolute Gasteiger partial charge is 0.489 e. The van der Waals surface area contributed by atoms with E-state index in [4.69, 9.17) is 30.9 Å². The van der Waals surface area contributed by atoms with E-state index in [0.29, 0.717) is 42.2 Å². The highest BCUT2D eigenvalue weighted by Gasteiger charge is 2.16. The summed E-state index contributed by atoms with van der Waals surface area (Å²) in [5.74, 6) is 3.30. The molecular weight excluding hydrogens is 452 g/mol. The van der Waals surface area contributed by atoms with Gasteiger partial charge in [0.1, 0.15) is 25.6 Å². The van der Waals surface area contributed by atoms with Gasteiger partial charge < -0.3 is 14.2 Å². The monoisotopic (exact) mass is 470 g/mol. The summed E-state index contributed by atoms with van der Waals surface area (Å²) in [6.07, 6.45) is 1.73. The number of hydrogen-bond donors (Lipinski definition) is 0. The van der Waals surface area contributed by atoms with E-state index in [2.05, 4.69) is 9.97 Å². The van der Waals surface area contributed by atoms with E-state index < -0.39 is 0 Å². The van der Waals surface area contributed by atoms with Gasteiger partial charge in [-0.1, -0.05) is 23.7 Å². The lowest BCUT2D eigenvalue weighted by molar-refractivity contribution is 0.171. The molecule has 0 aliphatic carbocycles. The fourth-order valence-corrected chi connectivity index (χ4v) is 3.91. The van der Waals surface area contributed by atoms with E-state index in [0.717, 1.165) is 33.9 Å². The number of halogens is 1. The molecule has 0 saturated carbocycles. The van der Waals surface area contributed by atoms with Crippen LogP contribution in [0.25, 0.3) is 28.4 Å². The van der Waals surface area contributed by atoms with Gasteiger partial charge in [-0.05, 0) is 66.2 Å². The van der Waals surface area contributed by atoms with Crippen LogP contribution < -0.4 is 14.2 Å². The topological polar surface area (TPSA) is 70.8 Å². The predicted octanol–water partition coefficient (Wildman–Crippen LogP) is 5.46. The molecule has 0 bridgehead atoms. The van der Waals surface area contributed by atoms with Gasteiger partial charge in [0.25, 0.3) is 5.78 Å². The van der Waals surface area contributed by atoms with Crippen LogP contribution in [0, 0.1) is 0 Å². The summed E-state index contributed by atoms with van der Waals surface area (Å²) in [6.45, 7) is 1.55. The van der Waals surface area contributed by atoms with E-state index in [9.17, 15) is 0 Å². The lowest BCUT2D eigenvalue weighted by Gasteiger charge is -2.18. The zero-order chi connectivity index (χ0) is 22.9. The van der Waals surface area contributed by atoms with Crippen LogP contribution >= 0.6 is 11.6 Å². The third kappa shape index (κ3) is 4.02. The lowest BCUT2D eigenvalue weighted by atomic mass is 10.1. The highest BCUT2D eigenvalue weighted by molar-refractivity contribution is 6.30. The van der Waals surface area contributed by atoms with Gasteiger partial charge in [-0.15, -0.1) is 5.10 Å². The number of hydrogen-bond acceptors (Lipinski definition) is 6. The first-order chi connectivity index (χ1) is 16.7. The summed E-state index contributed by atoms with van der Waals surface area (Å²) in [5, 5.41) is 5.43. The molecule has 1 aliphatic heterocycles. The van der Waals surface area contributed by atoms with Crippen molar-refractivity contribution >= 4 is 17.4 Å². The Morgan fingerprint density at radius 3 is 2.44 bits per heavy atom. The van der Waals surface area contributed by atoms with Crippen molar-refractivity contribution in [3.63, 3.8) is 0 Å². The minimum atomic E-state index is 0.470. The second kappa shape index (κ2) is 8.68. The quantitative estimate of drug-likeness (QED) is 0.339. The van der Waals surface area contributed by atoms with Crippen molar-refractivity contribution in [3.8, 4) is 39.9 Å². The van der Waals surface area contributed by atoms with Crippen LogP contribution in [-0.4, -0.2) is 32.8 Å². The van der Waals surface area contributed by atoms with Crippen LogP contribution in [0.15, 0.2) is 79.0 Å². The Hall–Kier alpha value is -4.10. The zero-order valence-electron chi connectivity index (χ0n) is 18.0. The first-order valence-corrected chi connectivity index (χ1v) is 11.2. The van der Waals surface area contributed by atoms with Crippen molar-refractivity contribution in [2.24, 2.45) is 0 Å². The zero-order valence-corrected chi connectivity index (χ0v) is 18.8. The number of ether oxygens (including phenoxy) is 3. The van der Waals surface area contributed by atoms with Gasteiger partial charge >= 0.3 is 0 Å². The molecule has 6 rings (SSSR count). The second-order valence-corrected chi connectivity index (χ2v) is 8.21. The Balaban J connectivity index is 1.26. The van der Waals surface area contributed by atoms with Crippen molar-refractivity contribution in [1.29, 1.82) is 0 Å².